The fourth-order valence-corrected chi connectivity index (χ4v) is 2.23. The first-order valence-electron chi connectivity index (χ1n) is 4.46. The van der Waals surface area contributed by atoms with Crippen LogP contribution in [0, 0.1) is 10.1 Å². The molecule has 0 bridgehead atoms. The fourth-order valence-electron chi connectivity index (χ4n) is 1.23. The second kappa shape index (κ2) is 4.59. The van der Waals surface area contributed by atoms with E-state index in [9.17, 15) is 10.1 Å². The van der Waals surface area contributed by atoms with E-state index < -0.39 is 4.92 Å². The average Bonchev–Trinajstić information content (AvgIpc) is 2.77. The van der Waals surface area contributed by atoms with Crippen LogP contribution in [0.2, 0.25) is 0 Å². The van der Waals surface area contributed by atoms with Gasteiger partial charge in [0.2, 0.25) is 0 Å². The topological polar surface area (TPSA) is 56.0 Å². The van der Waals surface area contributed by atoms with Gasteiger partial charge in [-0.2, -0.15) is 0 Å². The highest BCUT2D eigenvalue weighted by atomic mass is 35.5. The molecule has 6 heteroatoms. The van der Waals surface area contributed by atoms with Crippen LogP contribution in [0.5, 0.6) is 0 Å². The van der Waals surface area contributed by atoms with E-state index in [2.05, 4.69) is 4.98 Å². The smallest absolute Gasteiger partial charge is 0.258 e. The number of halogens is 1. The van der Waals surface area contributed by atoms with Crippen LogP contribution in [0.1, 0.15) is 4.88 Å². The summed E-state index contributed by atoms with van der Waals surface area (Å²) in [5.41, 5.74) is 0.949. The van der Waals surface area contributed by atoms with Gasteiger partial charge < -0.3 is 0 Å². The van der Waals surface area contributed by atoms with E-state index in [1.807, 2.05) is 0 Å². The zero-order chi connectivity index (χ0) is 11.5. The van der Waals surface area contributed by atoms with Crippen molar-refractivity contribution >= 4 is 28.6 Å². The van der Waals surface area contributed by atoms with Crippen molar-refractivity contribution in [1.29, 1.82) is 0 Å². The lowest BCUT2D eigenvalue weighted by molar-refractivity contribution is -0.384. The molecule has 2 rings (SSSR count). The van der Waals surface area contributed by atoms with E-state index in [0.717, 1.165) is 15.4 Å². The number of non-ortho nitro benzene ring substituents is 1. The van der Waals surface area contributed by atoms with Crippen molar-refractivity contribution in [2.45, 2.75) is 5.88 Å². The van der Waals surface area contributed by atoms with Gasteiger partial charge in [0.25, 0.3) is 5.69 Å². The Morgan fingerprint density at radius 3 is 2.56 bits per heavy atom. The van der Waals surface area contributed by atoms with E-state index >= 15 is 0 Å². The monoisotopic (exact) mass is 254 g/mol. The molecule has 0 aliphatic rings. The molecule has 0 radical (unpaired) electrons. The quantitative estimate of drug-likeness (QED) is 0.479. The van der Waals surface area contributed by atoms with Crippen molar-refractivity contribution in [2.24, 2.45) is 0 Å². The number of rotatable bonds is 3. The minimum absolute atomic E-state index is 0.0814. The Labute approximate surface area is 101 Å². The standard InChI is InChI=1S/C10H7ClN2O2S/c11-5-9-6-12-10(16-9)7-1-3-8(4-2-7)13(14)15/h1-4,6H,5H2. The summed E-state index contributed by atoms with van der Waals surface area (Å²) in [7, 11) is 0. The highest BCUT2D eigenvalue weighted by molar-refractivity contribution is 7.15. The SMILES string of the molecule is O=[N+]([O-])c1ccc(-c2ncc(CCl)s2)cc1. The largest absolute Gasteiger partial charge is 0.269 e. The Balaban J connectivity index is 2.30. The summed E-state index contributed by atoms with van der Waals surface area (Å²) in [6.45, 7) is 0. The first kappa shape index (κ1) is 11.0. The van der Waals surface area contributed by atoms with Gasteiger partial charge in [0.05, 0.1) is 10.8 Å². The van der Waals surface area contributed by atoms with Gasteiger partial charge in [0.15, 0.2) is 0 Å². The van der Waals surface area contributed by atoms with Gasteiger partial charge in [-0.3, -0.25) is 10.1 Å². The van der Waals surface area contributed by atoms with Crippen LogP contribution in [0.3, 0.4) is 0 Å². The molecule has 0 aliphatic carbocycles. The van der Waals surface area contributed by atoms with Gasteiger partial charge in [-0.1, -0.05) is 0 Å². The van der Waals surface area contributed by atoms with E-state index in [1.54, 1.807) is 18.3 Å². The van der Waals surface area contributed by atoms with Crippen molar-refractivity contribution in [3.05, 3.63) is 45.5 Å². The van der Waals surface area contributed by atoms with Gasteiger partial charge in [0.1, 0.15) is 5.01 Å². The van der Waals surface area contributed by atoms with Crippen LogP contribution in [0.4, 0.5) is 5.69 Å². The second-order valence-electron chi connectivity index (χ2n) is 3.07. The minimum Gasteiger partial charge on any atom is -0.258 e. The molecule has 0 aliphatic heterocycles. The van der Waals surface area contributed by atoms with E-state index in [0.29, 0.717) is 5.88 Å². The van der Waals surface area contributed by atoms with Crippen molar-refractivity contribution in [1.82, 2.24) is 4.98 Å². The van der Waals surface area contributed by atoms with Crippen LogP contribution >= 0.6 is 22.9 Å². The lowest BCUT2D eigenvalue weighted by Gasteiger charge is -1.95. The Bertz CT molecular complexity index is 510. The molecule has 0 spiro atoms. The molecule has 16 heavy (non-hydrogen) atoms. The fraction of sp³-hybridized carbons (Fsp3) is 0.100. The third kappa shape index (κ3) is 2.20. The summed E-state index contributed by atoms with van der Waals surface area (Å²) in [5, 5.41) is 11.3. The zero-order valence-corrected chi connectivity index (χ0v) is 9.66. The van der Waals surface area contributed by atoms with Gasteiger partial charge in [-0.25, -0.2) is 4.98 Å². The van der Waals surface area contributed by atoms with Gasteiger partial charge in [0, 0.05) is 28.8 Å². The maximum atomic E-state index is 10.5. The first-order valence-corrected chi connectivity index (χ1v) is 5.81. The molecule has 82 valence electrons. The number of hydrogen-bond acceptors (Lipinski definition) is 4. The highest BCUT2D eigenvalue weighted by Crippen LogP contribution is 2.27. The van der Waals surface area contributed by atoms with Gasteiger partial charge in [-0.15, -0.1) is 22.9 Å². The molecule has 1 aromatic carbocycles. The Hall–Kier alpha value is -1.46. The maximum absolute atomic E-state index is 10.5. The van der Waals surface area contributed by atoms with Crippen LogP contribution in [-0.2, 0) is 5.88 Å². The summed E-state index contributed by atoms with van der Waals surface area (Å²) in [5.74, 6) is 0.435. The normalized spacial score (nSPS) is 10.3. The Morgan fingerprint density at radius 1 is 1.38 bits per heavy atom. The number of thiazole rings is 1. The van der Waals surface area contributed by atoms with Crippen molar-refractivity contribution in [3.8, 4) is 10.6 Å². The highest BCUT2D eigenvalue weighted by Gasteiger charge is 2.07. The molecule has 2 aromatic rings. The molecule has 0 N–H and O–H groups in total. The van der Waals surface area contributed by atoms with E-state index in [-0.39, 0.29) is 5.69 Å². The molecule has 0 fully saturated rings. The summed E-state index contributed by atoms with van der Waals surface area (Å²) < 4.78 is 0. The van der Waals surface area contributed by atoms with Crippen LogP contribution < -0.4 is 0 Å². The predicted octanol–water partition coefficient (Wildman–Crippen LogP) is 3.46. The number of alkyl halides is 1. The first-order chi connectivity index (χ1) is 7.70. The van der Waals surface area contributed by atoms with Crippen LogP contribution in [0.25, 0.3) is 10.6 Å². The number of nitro benzene ring substituents is 1. The lowest BCUT2D eigenvalue weighted by Crippen LogP contribution is -1.86. The Morgan fingerprint density at radius 2 is 2.06 bits per heavy atom. The van der Waals surface area contributed by atoms with E-state index in [4.69, 9.17) is 11.6 Å². The van der Waals surface area contributed by atoms with Crippen LogP contribution in [0.15, 0.2) is 30.5 Å². The van der Waals surface area contributed by atoms with Crippen molar-refractivity contribution in [3.63, 3.8) is 0 Å². The summed E-state index contributed by atoms with van der Waals surface area (Å²) in [6.07, 6.45) is 1.72. The minimum atomic E-state index is -0.421. The summed E-state index contributed by atoms with van der Waals surface area (Å²) in [4.78, 5) is 15.2. The Kier molecular flexibility index (Phi) is 3.17. The number of nitrogens with zero attached hydrogens (tertiary/aromatic N) is 2. The summed E-state index contributed by atoms with van der Waals surface area (Å²) in [6, 6.07) is 6.32. The number of benzene rings is 1. The number of nitro groups is 1. The molecule has 4 nitrogen and oxygen atoms in total. The van der Waals surface area contributed by atoms with Crippen molar-refractivity contribution < 1.29 is 4.92 Å². The molecular formula is C10H7ClN2O2S. The van der Waals surface area contributed by atoms with Crippen LogP contribution in [-0.4, -0.2) is 9.91 Å². The molecule has 0 unspecified atom stereocenters. The third-order valence-electron chi connectivity index (χ3n) is 2.01. The predicted molar refractivity (Wildman–Crippen MR) is 63.8 cm³/mol. The zero-order valence-electron chi connectivity index (χ0n) is 8.09. The average molecular weight is 255 g/mol. The molecule has 0 atom stereocenters. The second-order valence-corrected chi connectivity index (χ2v) is 4.45. The summed E-state index contributed by atoms with van der Waals surface area (Å²) >= 11 is 7.16. The maximum Gasteiger partial charge on any atom is 0.269 e. The molecule has 1 heterocycles. The third-order valence-corrected chi connectivity index (χ3v) is 3.50. The molecule has 1 aromatic heterocycles. The molecule has 0 saturated heterocycles. The molecular weight excluding hydrogens is 248 g/mol. The van der Waals surface area contributed by atoms with Gasteiger partial charge in [-0.05, 0) is 12.1 Å². The molecule has 0 saturated carbocycles. The molecule has 0 amide bonds. The lowest BCUT2D eigenvalue weighted by atomic mass is 10.2. The number of hydrogen-bond donors (Lipinski definition) is 0. The van der Waals surface area contributed by atoms with Gasteiger partial charge >= 0.3 is 0 Å². The van der Waals surface area contributed by atoms with E-state index in [1.165, 1.54) is 23.5 Å². The number of aromatic nitrogens is 1. The van der Waals surface area contributed by atoms with Crippen molar-refractivity contribution in [2.75, 3.05) is 0 Å².